The van der Waals surface area contributed by atoms with Gasteiger partial charge < -0.3 is 4.42 Å². The van der Waals surface area contributed by atoms with Gasteiger partial charge in [0.25, 0.3) is 11.1 Å². The molecule has 0 N–H and O–H groups in total. The lowest BCUT2D eigenvalue weighted by atomic mass is 10.4. The van der Waals surface area contributed by atoms with Crippen LogP contribution in [0.5, 0.6) is 0 Å². The van der Waals surface area contributed by atoms with Gasteiger partial charge in [-0.2, -0.15) is 0 Å². The predicted octanol–water partition coefficient (Wildman–Crippen LogP) is 3.70. The Hall–Kier alpha value is -0.880. The van der Waals surface area contributed by atoms with E-state index in [1.807, 2.05) is 13.8 Å². The van der Waals surface area contributed by atoms with E-state index in [9.17, 15) is 0 Å². The first-order valence-electron chi connectivity index (χ1n) is 5.61. The van der Waals surface area contributed by atoms with Crippen LogP contribution >= 0.6 is 23.1 Å². The lowest BCUT2D eigenvalue weighted by Crippen LogP contribution is -1.78. The Morgan fingerprint density at radius 2 is 2.12 bits per heavy atom. The zero-order valence-electron chi connectivity index (χ0n) is 10.2. The van der Waals surface area contributed by atoms with E-state index in [0.29, 0.717) is 11.1 Å². The minimum absolute atomic E-state index is 0.590. The van der Waals surface area contributed by atoms with Crippen molar-refractivity contribution in [2.75, 3.05) is 5.75 Å². The van der Waals surface area contributed by atoms with E-state index in [1.165, 1.54) is 12.8 Å². The van der Waals surface area contributed by atoms with Crippen LogP contribution in [-0.2, 0) is 0 Å². The Morgan fingerprint density at radius 1 is 1.29 bits per heavy atom. The molecule has 0 fully saturated rings. The fourth-order valence-electron chi connectivity index (χ4n) is 1.39. The van der Waals surface area contributed by atoms with Crippen LogP contribution in [0, 0.1) is 13.8 Å². The van der Waals surface area contributed by atoms with Crippen LogP contribution in [-0.4, -0.2) is 20.9 Å². The van der Waals surface area contributed by atoms with Gasteiger partial charge in [0.05, 0.1) is 10.7 Å². The van der Waals surface area contributed by atoms with Crippen LogP contribution in [0.15, 0.2) is 9.64 Å². The Kier molecular flexibility index (Phi) is 4.17. The van der Waals surface area contributed by atoms with Crippen molar-refractivity contribution in [1.82, 2.24) is 15.2 Å². The van der Waals surface area contributed by atoms with Crippen LogP contribution in [0.4, 0.5) is 0 Å². The maximum absolute atomic E-state index is 5.62. The van der Waals surface area contributed by atoms with Gasteiger partial charge in [0.2, 0.25) is 0 Å². The second kappa shape index (κ2) is 5.64. The van der Waals surface area contributed by atoms with Gasteiger partial charge in [-0.15, -0.1) is 21.5 Å². The Morgan fingerprint density at radius 3 is 2.76 bits per heavy atom. The fourth-order valence-corrected chi connectivity index (χ4v) is 3.08. The molecule has 2 heterocycles. The van der Waals surface area contributed by atoms with Crippen molar-refractivity contribution in [3.63, 3.8) is 0 Å². The maximum atomic E-state index is 5.62. The number of unbranched alkanes of at least 4 members (excludes halogenated alkanes) is 1. The molecular weight excluding hydrogens is 254 g/mol. The second-order valence-electron chi connectivity index (χ2n) is 3.72. The molecule has 0 aliphatic rings. The van der Waals surface area contributed by atoms with Gasteiger partial charge in [-0.05, 0) is 20.3 Å². The third-order valence-electron chi connectivity index (χ3n) is 2.23. The molecule has 0 aliphatic heterocycles. The summed E-state index contributed by atoms with van der Waals surface area (Å²) in [5.74, 6) is 1.62. The van der Waals surface area contributed by atoms with Crippen LogP contribution < -0.4 is 0 Å². The van der Waals surface area contributed by atoms with E-state index < -0.39 is 0 Å². The minimum Gasteiger partial charge on any atom is -0.410 e. The van der Waals surface area contributed by atoms with E-state index in [2.05, 4.69) is 22.1 Å². The molecule has 0 amide bonds. The molecule has 0 saturated carbocycles. The maximum Gasteiger partial charge on any atom is 0.276 e. The quantitative estimate of drug-likeness (QED) is 0.612. The lowest BCUT2D eigenvalue weighted by molar-refractivity contribution is 0.466. The number of hydrogen-bond acceptors (Lipinski definition) is 6. The molecule has 0 spiro atoms. The van der Waals surface area contributed by atoms with Crippen LogP contribution in [0.3, 0.4) is 0 Å². The molecule has 0 unspecified atom stereocenters. The van der Waals surface area contributed by atoms with Gasteiger partial charge in [-0.1, -0.05) is 25.1 Å². The minimum atomic E-state index is 0.590. The van der Waals surface area contributed by atoms with Crippen LogP contribution in [0.1, 0.15) is 30.5 Å². The average molecular weight is 269 g/mol. The standard InChI is InChI=1S/C11H15N3OS2/c1-4-5-6-16-11-14-13-10(15-11)9-7(2)12-8(3)17-9/h4-6H2,1-3H3. The van der Waals surface area contributed by atoms with Gasteiger partial charge in [0, 0.05) is 5.75 Å². The van der Waals surface area contributed by atoms with E-state index in [4.69, 9.17) is 4.42 Å². The van der Waals surface area contributed by atoms with E-state index in [-0.39, 0.29) is 0 Å². The first-order valence-corrected chi connectivity index (χ1v) is 7.41. The molecule has 4 nitrogen and oxygen atoms in total. The Balaban J connectivity index is 2.10. The molecule has 2 aromatic heterocycles. The lowest BCUT2D eigenvalue weighted by Gasteiger charge is -1.92. The highest BCUT2D eigenvalue weighted by Crippen LogP contribution is 2.30. The summed E-state index contributed by atoms with van der Waals surface area (Å²) in [6.45, 7) is 6.12. The van der Waals surface area contributed by atoms with Gasteiger partial charge in [-0.3, -0.25) is 0 Å². The molecular formula is C11H15N3OS2. The zero-order valence-corrected chi connectivity index (χ0v) is 11.8. The summed E-state index contributed by atoms with van der Waals surface area (Å²) in [6, 6.07) is 0. The number of thioether (sulfide) groups is 1. The SMILES string of the molecule is CCCCSc1nnc(-c2sc(C)nc2C)o1. The number of nitrogens with zero attached hydrogens (tertiary/aromatic N) is 3. The van der Waals surface area contributed by atoms with E-state index >= 15 is 0 Å². The third-order valence-corrected chi connectivity index (χ3v) is 4.19. The molecule has 17 heavy (non-hydrogen) atoms. The summed E-state index contributed by atoms with van der Waals surface area (Å²) >= 11 is 3.21. The molecule has 0 aliphatic carbocycles. The molecule has 0 bridgehead atoms. The van der Waals surface area contributed by atoms with Crippen LogP contribution in [0.2, 0.25) is 0 Å². The normalized spacial score (nSPS) is 11.0. The molecule has 0 atom stereocenters. The number of hydrogen-bond donors (Lipinski definition) is 0. The summed E-state index contributed by atoms with van der Waals surface area (Å²) in [5, 5.41) is 9.79. The van der Waals surface area contributed by atoms with Crippen molar-refractivity contribution < 1.29 is 4.42 Å². The number of aromatic nitrogens is 3. The van der Waals surface area contributed by atoms with Crippen molar-refractivity contribution in [1.29, 1.82) is 0 Å². The Bertz CT molecular complexity index is 493. The van der Waals surface area contributed by atoms with E-state index in [0.717, 1.165) is 21.3 Å². The second-order valence-corrected chi connectivity index (χ2v) is 5.97. The molecule has 6 heteroatoms. The number of thiazole rings is 1. The number of rotatable bonds is 5. The van der Waals surface area contributed by atoms with Gasteiger partial charge >= 0.3 is 0 Å². The molecule has 0 aromatic carbocycles. The van der Waals surface area contributed by atoms with Crippen molar-refractivity contribution in [3.05, 3.63) is 10.7 Å². The average Bonchev–Trinajstić information content (AvgIpc) is 2.86. The Labute approximate surface area is 109 Å². The van der Waals surface area contributed by atoms with Crippen molar-refractivity contribution >= 4 is 23.1 Å². The number of aryl methyl sites for hydroxylation is 2. The smallest absolute Gasteiger partial charge is 0.276 e. The monoisotopic (exact) mass is 269 g/mol. The fraction of sp³-hybridized carbons (Fsp3) is 0.545. The molecule has 0 saturated heterocycles. The van der Waals surface area contributed by atoms with Crippen molar-refractivity contribution in [3.8, 4) is 10.8 Å². The highest BCUT2D eigenvalue weighted by Gasteiger charge is 2.14. The summed E-state index contributed by atoms with van der Waals surface area (Å²) < 4.78 is 5.62. The highest BCUT2D eigenvalue weighted by atomic mass is 32.2. The summed E-state index contributed by atoms with van der Waals surface area (Å²) in [6.07, 6.45) is 2.35. The van der Waals surface area contributed by atoms with E-state index in [1.54, 1.807) is 23.1 Å². The zero-order chi connectivity index (χ0) is 12.3. The van der Waals surface area contributed by atoms with Crippen molar-refractivity contribution in [2.45, 2.75) is 38.8 Å². The predicted molar refractivity (Wildman–Crippen MR) is 70.5 cm³/mol. The van der Waals surface area contributed by atoms with Gasteiger partial charge in [-0.25, -0.2) is 4.98 Å². The largest absolute Gasteiger partial charge is 0.410 e. The summed E-state index contributed by atoms with van der Waals surface area (Å²) in [5.41, 5.74) is 0.959. The van der Waals surface area contributed by atoms with Gasteiger partial charge in [0.1, 0.15) is 4.88 Å². The summed E-state index contributed by atoms with van der Waals surface area (Å²) in [7, 11) is 0. The first-order chi connectivity index (χ1) is 8.20. The topological polar surface area (TPSA) is 51.8 Å². The first kappa shape index (κ1) is 12.6. The molecule has 2 aromatic rings. The summed E-state index contributed by atoms with van der Waals surface area (Å²) in [4.78, 5) is 5.34. The van der Waals surface area contributed by atoms with Crippen LogP contribution in [0.25, 0.3) is 10.8 Å². The van der Waals surface area contributed by atoms with Gasteiger partial charge in [0.15, 0.2) is 0 Å². The molecule has 2 rings (SSSR count). The van der Waals surface area contributed by atoms with Crippen molar-refractivity contribution in [2.24, 2.45) is 0 Å². The molecule has 0 radical (unpaired) electrons. The highest BCUT2D eigenvalue weighted by molar-refractivity contribution is 7.99. The molecule has 92 valence electrons. The third kappa shape index (κ3) is 3.07.